The van der Waals surface area contributed by atoms with E-state index < -0.39 is 33.3 Å². The van der Waals surface area contributed by atoms with Crippen LogP contribution >= 0.6 is 11.3 Å². The summed E-state index contributed by atoms with van der Waals surface area (Å²) in [5, 5.41) is 7.16. The minimum Gasteiger partial charge on any atom is -0.366 e. The summed E-state index contributed by atoms with van der Waals surface area (Å²) in [6.07, 6.45) is 1.11. The van der Waals surface area contributed by atoms with E-state index in [-0.39, 0.29) is 40.4 Å². The van der Waals surface area contributed by atoms with Crippen molar-refractivity contribution in [1.82, 2.24) is 34.1 Å². The number of likely N-dealkylation sites (N-methyl/N-ethyl adjacent to an activating group) is 1. The molecule has 1 aliphatic heterocycles. The zero-order chi connectivity index (χ0) is 31.3. The number of hydrogen-bond acceptors (Lipinski definition) is 10. The third kappa shape index (κ3) is 6.31. The number of nitrogens with zero attached hydrogens (tertiary/aromatic N) is 7. The van der Waals surface area contributed by atoms with Gasteiger partial charge in [0.05, 0.1) is 23.9 Å². The molecule has 2 aliphatic rings. The van der Waals surface area contributed by atoms with Crippen LogP contribution in [-0.2, 0) is 19.5 Å². The van der Waals surface area contributed by atoms with Gasteiger partial charge in [0.15, 0.2) is 22.1 Å². The summed E-state index contributed by atoms with van der Waals surface area (Å²) in [6, 6.07) is 0.931. The first-order valence-electron chi connectivity index (χ1n) is 13.8. The molecule has 0 spiro atoms. The van der Waals surface area contributed by atoms with Gasteiger partial charge in [-0.2, -0.15) is 0 Å². The molecule has 2 fully saturated rings. The van der Waals surface area contributed by atoms with Crippen LogP contribution in [0.15, 0.2) is 23.4 Å². The third-order valence-corrected chi connectivity index (χ3v) is 10.4. The highest BCUT2D eigenvalue weighted by atomic mass is 32.2. The Morgan fingerprint density at radius 2 is 1.86 bits per heavy atom. The van der Waals surface area contributed by atoms with E-state index >= 15 is 0 Å². The number of urea groups is 1. The minimum absolute atomic E-state index is 0.00434. The maximum absolute atomic E-state index is 13.5. The summed E-state index contributed by atoms with van der Waals surface area (Å²) in [5.74, 6) is 0.206. The van der Waals surface area contributed by atoms with Gasteiger partial charge in [-0.3, -0.25) is 4.40 Å². The molecule has 3 aromatic rings. The Hall–Kier alpha value is -2.99. The average molecular weight is 643 g/mol. The van der Waals surface area contributed by atoms with E-state index in [1.54, 1.807) is 33.5 Å². The van der Waals surface area contributed by atoms with Crippen molar-refractivity contribution in [3.8, 4) is 10.8 Å². The second-order valence-corrected chi connectivity index (χ2v) is 14.1. The zero-order valence-corrected chi connectivity index (χ0v) is 26.5. The summed E-state index contributed by atoms with van der Waals surface area (Å²) in [7, 11) is 0.762. The smallest absolute Gasteiger partial charge is 0.320 e. The molecular weight excluding hydrogens is 606 g/mol. The fraction of sp³-hybridized carbons (Fsp3) is 0.615. The van der Waals surface area contributed by atoms with E-state index in [9.17, 15) is 22.0 Å². The predicted octanol–water partition coefficient (Wildman–Crippen LogP) is 3.19. The first-order chi connectivity index (χ1) is 20.3. The quantitative estimate of drug-likeness (QED) is 0.331. The Labute approximate surface area is 252 Å². The van der Waals surface area contributed by atoms with Crippen molar-refractivity contribution in [1.29, 1.82) is 0 Å². The number of hydrogen-bond donors (Lipinski definition) is 1. The largest absolute Gasteiger partial charge is 0.366 e. The van der Waals surface area contributed by atoms with Crippen LogP contribution < -0.4 is 9.62 Å². The van der Waals surface area contributed by atoms with Crippen molar-refractivity contribution >= 4 is 38.6 Å². The molecule has 0 aromatic carbocycles. The Bertz CT molecular complexity index is 1580. The fourth-order valence-electron chi connectivity index (χ4n) is 5.34. The van der Waals surface area contributed by atoms with Crippen molar-refractivity contribution in [2.45, 2.75) is 68.8 Å². The number of rotatable bonds is 10. The maximum Gasteiger partial charge on any atom is 0.320 e. The molecule has 5 rings (SSSR count). The van der Waals surface area contributed by atoms with Crippen LogP contribution in [0, 0.1) is 0 Å². The van der Waals surface area contributed by atoms with Crippen LogP contribution in [0.4, 0.5) is 19.3 Å². The van der Waals surface area contributed by atoms with E-state index in [2.05, 4.69) is 19.9 Å². The van der Waals surface area contributed by atoms with Gasteiger partial charge in [-0.15, -0.1) is 10.2 Å². The van der Waals surface area contributed by atoms with Gasteiger partial charge >= 0.3 is 6.03 Å². The molecule has 1 aliphatic carbocycles. The first kappa shape index (κ1) is 31.4. The van der Waals surface area contributed by atoms with Gasteiger partial charge in [0.2, 0.25) is 10.0 Å². The average Bonchev–Trinajstić information content (AvgIpc) is 3.31. The summed E-state index contributed by atoms with van der Waals surface area (Å²) < 4.78 is 68.5. The molecule has 17 heteroatoms. The minimum atomic E-state index is -3.95. The van der Waals surface area contributed by atoms with E-state index in [1.165, 1.54) is 20.4 Å². The monoisotopic (exact) mass is 642 g/mol. The molecule has 2 amide bonds. The number of ether oxygens (including phenoxy) is 2. The molecule has 4 heterocycles. The maximum atomic E-state index is 13.5. The van der Waals surface area contributed by atoms with Crippen molar-refractivity contribution < 1.29 is 31.5 Å². The molecule has 13 nitrogen and oxygen atoms in total. The van der Waals surface area contributed by atoms with Crippen LogP contribution in [0.1, 0.15) is 45.0 Å². The molecule has 1 saturated heterocycles. The topological polar surface area (TPSA) is 134 Å². The molecule has 43 heavy (non-hydrogen) atoms. The number of pyridine rings is 1. The van der Waals surface area contributed by atoms with Crippen LogP contribution in [-0.4, -0.2) is 109 Å². The van der Waals surface area contributed by atoms with Gasteiger partial charge in [-0.1, -0.05) is 11.3 Å². The van der Waals surface area contributed by atoms with Gasteiger partial charge in [-0.25, -0.2) is 31.7 Å². The lowest BCUT2D eigenvalue weighted by Crippen LogP contribution is -2.61. The lowest BCUT2D eigenvalue weighted by atomic mass is 10.1. The Balaban J connectivity index is 1.51. The molecule has 236 valence electrons. The number of alkyl halides is 2. The second kappa shape index (κ2) is 11.8. The number of carbonyl (C=O) groups excluding carboxylic acids is 1. The Kier molecular flexibility index (Phi) is 8.65. The number of fused-ring (bicyclic) bond motifs is 1. The number of carbonyl (C=O) groups is 1. The van der Waals surface area contributed by atoms with Gasteiger partial charge in [0.25, 0.3) is 6.43 Å². The van der Waals surface area contributed by atoms with Gasteiger partial charge in [-0.05, 0) is 39.7 Å². The fourth-order valence-corrected chi connectivity index (χ4v) is 7.51. The first-order valence-corrected chi connectivity index (χ1v) is 16.1. The summed E-state index contributed by atoms with van der Waals surface area (Å²) in [4.78, 5) is 23.2. The number of amides is 2. The van der Waals surface area contributed by atoms with Crippen molar-refractivity contribution in [2.24, 2.45) is 0 Å². The molecular formula is C26H36F2N8O5S2. The summed E-state index contributed by atoms with van der Waals surface area (Å²) in [5.41, 5.74) is 0.641. The molecule has 1 N–H and O–H groups in total. The third-order valence-electron chi connectivity index (χ3n) is 7.86. The molecule has 0 unspecified atom stereocenters. The van der Waals surface area contributed by atoms with Gasteiger partial charge in [0, 0.05) is 58.2 Å². The highest BCUT2D eigenvalue weighted by Crippen LogP contribution is 2.38. The highest BCUT2D eigenvalue weighted by molar-refractivity contribution is 7.89. The van der Waals surface area contributed by atoms with Crippen LogP contribution in [0.5, 0.6) is 0 Å². The number of halogens is 2. The standard InChI is InChI=1S/C26H36F2N8O5S2/c1-15-11-34(12-16(2)36(15)25(37)33(4)14-20(40-5)41-6)18-9-17(43(38,39)32-26(3)7-8-26)13-35-19(18)10-29-22(35)24-31-30-23(42-24)21(27)28/h9-10,13,15-16,20-21,32H,7-8,11-12,14H2,1-6H3/t15-,16-/m0/s1. The van der Waals surface area contributed by atoms with Gasteiger partial charge < -0.3 is 24.2 Å². The van der Waals surface area contributed by atoms with Crippen molar-refractivity contribution in [3.63, 3.8) is 0 Å². The van der Waals surface area contributed by atoms with Crippen molar-refractivity contribution in [3.05, 3.63) is 23.5 Å². The number of nitrogens with one attached hydrogen (secondary N) is 1. The zero-order valence-electron chi connectivity index (χ0n) is 24.8. The number of anilines is 1. The van der Waals surface area contributed by atoms with E-state index in [0.717, 1.165) is 12.8 Å². The van der Waals surface area contributed by atoms with Gasteiger partial charge in [0.1, 0.15) is 4.90 Å². The number of piperazine rings is 1. The molecule has 0 bridgehead atoms. The van der Waals surface area contributed by atoms with Crippen LogP contribution in [0.25, 0.3) is 16.3 Å². The van der Waals surface area contributed by atoms with E-state index in [0.29, 0.717) is 35.6 Å². The second-order valence-electron chi connectivity index (χ2n) is 11.4. The van der Waals surface area contributed by atoms with Crippen molar-refractivity contribution in [2.75, 3.05) is 45.8 Å². The number of imidazole rings is 1. The number of aromatic nitrogens is 4. The lowest BCUT2D eigenvalue weighted by molar-refractivity contribution is -0.110. The van der Waals surface area contributed by atoms with E-state index in [4.69, 9.17) is 9.47 Å². The Morgan fingerprint density at radius 3 is 2.42 bits per heavy atom. The lowest BCUT2D eigenvalue weighted by Gasteiger charge is -2.46. The molecule has 2 atom stereocenters. The molecule has 3 aromatic heterocycles. The summed E-state index contributed by atoms with van der Waals surface area (Å²) >= 11 is 0.702. The van der Waals surface area contributed by atoms with Crippen LogP contribution in [0.3, 0.4) is 0 Å². The highest BCUT2D eigenvalue weighted by Gasteiger charge is 2.42. The normalized spacial score (nSPS) is 20.4. The molecule has 1 saturated carbocycles. The predicted molar refractivity (Wildman–Crippen MR) is 156 cm³/mol. The number of methoxy groups -OCH3 is 2. The number of sulfonamides is 1. The Morgan fingerprint density at radius 1 is 1.21 bits per heavy atom. The molecule has 0 radical (unpaired) electrons. The summed E-state index contributed by atoms with van der Waals surface area (Å²) in [6.45, 7) is 6.76. The SMILES string of the molecule is COC(CN(C)C(=O)N1[C@@H](C)CN(c2cc(S(=O)(=O)NC3(C)CC3)cn3c(-c4nnc(C(F)F)s4)ncc23)C[C@@H]1C)OC. The van der Waals surface area contributed by atoms with E-state index in [1.807, 2.05) is 25.7 Å². The van der Waals surface area contributed by atoms with Crippen LogP contribution in [0.2, 0.25) is 0 Å².